The average Bonchev–Trinajstić information content (AvgIpc) is 2.91. The summed E-state index contributed by atoms with van der Waals surface area (Å²) in [6, 6.07) is 6.79. The van der Waals surface area contributed by atoms with Crippen molar-refractivity contribution in [1.82, 2.24) is 4.98 Å². The van der Waals surface area contributed by atoms with Gasteiger partial charge in [-0.3, -0.25) is 0 Å². The molecule has 5 nitrogen and oxygen atoms in total. The molecule has 1 aromatic carbocycles. The van der Waals surface area contributed by atoms with Crippen LogP contribution in [-0.2, 0) is 0 Å². The Labute approximate surface area is 165 Å². The molecule has 0 amide bonds. The Hall–Kier alpha value is -2.55. The second-order valence-electron chi connectivity index (χ2n) is 7.75. The first-order chi connectivity index (χ1) is 13.5. The molecule has 2 aromatic rings. The molecule has 0 saturated carbocycles. The van der Waals surface area contributed by atoms with E-state index in [-0.39, 0.29) is 29.5 Å². The highest BCUT2D eigenvalue weighted by molar-refractivity contribution is 5.65. The van der Waals surface area contributed by atoms with Crippen LogP contribution >= 0.6 is 0 Å². The van der Waals surface area contributed by atoms with E-state index in [1.54, 1.807) is 6.92 Å². The molecule has 1 atom stereocenters. The molecule has 0 fully saturated rings. The fourth-order valence-corrected chi connectivity index (χ4v) is 3.24. The van der Waals surface area contributed by atoms with Gasteiger partial charge in [-0.2, -0.15) is 0 Å². The highest BCUT2D eigenvalue weighted by atomic mass is 19.3. The van der Waals surface area contributed by atoms with Gasteiger partial charge in [-0.1, -0.05) is 13.8 Å². The van der Waals surface area contributed by atoms with E-state index in [0.717, 1.165) is 0 Å². The third kappa shape index (κ3) is 5.09. The number of hydrogen-bond donors (Lipinski definition) is 1. The molecule has 9 heteroatoms. The number of ether oxygens (including phenoxy) is 3. The first-order valence-corrected chi connectivity index (χ1v) is 9.07. The molecule has 1 aliphatic heterocycles. The smallest absolute Gasteiger partial charge is 0.490 e. The average molecular weight is 414 g/mol. The number of halogens is 4. The Morgan fingerprint density at radius 3 is 2.48 bits per heavy atom. The summed E-state index contributed by atoms with van der Waals surface area (Å²) >= 11 is 0. The summed E-state index contributed by atoms with van der Waals surface area (Å²) in [5, 5.41) is 0. The molecule has 2 heterocycles. The van der Waals surface area contributed by atoms with Crippen molar-refractivity contribution in [3.8, 4) is 28.5 Å². The van der Waals surface area contributed by atoms with Crippen LogP contribution in [0.2, 0.25) is 0 Å². The van der Waals surface area contributed by atoms with Crippen molar-refractivity contribution in [2.24, 2.45) is 11.7 Å². The number of alkyl halides is 4. The topological polar surface area (TPSA) is 66.6 Å². The Morgan fingerprint density at radius 2 is 1.83 bits per heavy atom. The molecule has 2 N–H and O–H groups in total. The summed E-state index contributed by atoms with van der Waals surface area (Å²) in [6.07, 6.45) is -5.99. The van der Waals surface area contributed by atoms with E-state index >= 15 is 0 Å². The first kappa shape index (κ1) is 21.2. The van der Waals surface area contributed by atoms with Gasteiger partial charge in [0.1, 0.15) is 18.1 Å². The number of pyridine rings is 1. The van der Waals surface area contributed by atoms with Crippen LogP contribution in [0.1, 0.15) is 39.3 Å². The summed E-state index contributed by atoms with van der Waals surface area (Å²) in [4.78, 5) is 3.97. The molecule has 0 saturated heterocycles. The second-order valence-corrected chi connectivity index (χ2v) is 7.75. The molecule has 1 aliphatic rings. The van der Waals surface area contributed by atoms with Gasteiger partial charge in [-0.25, -0.2) is 13.8 Å². The van der Waals surface area contributed by atoms with Crippen LogP contribution in [0.5, 0.6) is 17.2 Å². The summed E-state index contributed by atoms with van der Waals surface area (Å²) in [5.74, 6) is -0.0838. The van der Waals surface area contributed by atoms with Crippen LogP contribution in [0.15, 0.2) is 30.3 Å². The largest absolute Gasteiger partial charge is 0.586 e. The molecular formula is C20H22F4N2O3. The van der Waals surface area contributed by atoms with Crippen LogP contribution < -0.4 is 19.9 Å². The zero-order chi connectivity index (χ0) is 21.4. The predicted molar refractivity (Wildman–Crippen MR) is 98.4 cm³/mol. The van der Waals surface area contributed by atoms with Crippen molar-refractivity contribution in [2.45, 2.75) is 45.5 Å². The van der Waals surface area contributed by atoms with Crippen molar-refractivity contribution in [3.63, 3.8) is 0 Å². The molecule has 1 aromatic heterocycles. The highest BCUT2D eigenvalue weighted by Crippen LogP contribution is 2.43. The third-order valence-corrected chi connectivity index (χ3v) is 4.22. The number of fused-ring (bicyclic) bond motifs is 1. The van der Waals surface area contributed by atoms with Crippen molar-refractivity contribution in [3.05, 3.63) is 36.0 Å². The van der Waals surface area contributed by atoms with Gasteiger partial charge < -0.3 is 19.9 Å². The third-order valence-electron chi connectivity index (χ3n) is 4.22. The van der Waals surface area contributed by atoms with E-state index in [1.165, 1.54) is 30.3 Å². The van der Waals surface area contributed by atoms with E-state index in [2.05, 4.69) is 14.5 Å². The molecule has 0 unspecified atom stereocenters. The van der Waals surface area contributed by atoms with Gasteiger partial charge in [0, 0.05) is 11.1 Å². The summed E-state index contributed by atoms with van der Waals surface area (Å²) in [6.45, 7) is 5.85. The summed E-state index contributed by atoms with van der Waals surface area (Å²) in [5.41, 5.74) is 5.41. The SMILES string of the molecule is CC(C)C[C@](C)(N)COc1ccc(-c2ccc3c(c2)OC(F)(F)O3)nc1C(F)F. The van der Waals surface area contributed by atoms with Crippen molar-refractivity contribution in [2.75, 3.05) is 6.61 Å². The molecule has 0 bridgehead atoms. The lowest BCUT2D eigenvalue weighted by Gasteiger charge is -2.27. The number of nitrogens with zero attached hydrogens (tertiary/aromatic N) is 1. The van der Waals surface area contributed by atoms with Gasteiger partial charge in [-0.15, -0.1) is 8.78 Å². The maximum atomic E-state index is 13.6. The van der Waals surface area contributed by atoms with Gasteiger partial charge in [0.2, 0.25) is 0 Å². The molecule has 0 radical (unpaired) electrons. The minimum atomic E-state index is -3.76. The highest BCUT2D eigenvalue weighted by Gasteiger charge is 2.43. The van der Waals surface area contributed by atoms with E-state index in [4.69, 9.17) is 10.5 Å². The Balaban J connectivity index is 1.84. The summed E-state index contributed by atoms with van der Waals surface area (Å²) < 4.78 is 67.7. The molecule has 0 aliphatic carbocycles. The van der Waals surface area contributed by atoms with Gasteiger partial charge in [0.25, 0.3) is 6.43 Å². The molecule has 3 rings (SSSR count). The summed E-state index contributed by atoms with van der Waals surface area (Å²) in [7, 11) is 0. The predicted octanol–water partition coefficient (Wildman–Crippen LogP) is 5.15. The fraction of sp³-hybridized carbons (Fsp3) is 0.450. The molecule has 0 spiro atoms. The zero-order valence-corrected chi connectivity index (χ0v) is 16.2. The van der Waals surface area contributed by atoms with Gasteiger partial charge in [0.15, 0.2) is 11.5 Å². The number of benzene rings is 1. The standard InChI is InChI=1S/C20H22F4N2O3/c1-11(2)9-19(3,25)10-27-15-7-5-13(26-17(15)18(21)22)12-4-6-14-16(8-12)29-20(23,24)28-14/h4-8,11,18H,9-10,25H2,1-3H3/t19-/m0/s1. The number of hydrogen-bond acceptors (Lipinski definition) is 5. The molecule has 158 valence electrons. The van der Waals surface area contributed by atoms with Crippen molar-refractivity contribution in [1.29, 1.82) is 0 Å². The fourth-order valence-electron chi connectivity index (χ4n) is 3.24. The van der Waals surface area contributed by atoms with Gasteiger partial charge >= 0.3 is 6.29 Å². The number of rotatable bonds is 7. The van der Waals surface area contributed by atoms with E-state index in [0.29, 0.717) is 17.9 Å². The Bertz CT molecular complexity index is 888. The maximum absolute atomic E-state index is 13.6. The van der Waals surface area contributed by atoms with Gasteiger partial charge in [-0.05, 0) is 49.6 Å². The van der Waals surface area contributed by atoms with E-state index < -0.39 is 24.0 Å². The molecular weight excluding hydrogens is 392 g/mol. The lowest BCUT2D eigenvalue weighted by molar-refractivity contribution is -0.286. The van der Waals surface area contributed by atoms with Crippen molar-refractivity contribution >= 4 is 0 Å². The number of nitrogens with two attached hydrogens (primary N) is 1. The van der Waals surface area contributed by atoms with Crippen LogP contribution in [0.3, 0.4) is 0 Å². The zero-order valence-electron chi connectivity index (χ0n) is 16.2. The lowest BCUT2D eigenvalue weighted by Crippen LogP contribution is -2.43. The lowest BCUT2D eigenvalue weighted by atomic mass is 9.93. The Morgan fingerprint density at radius 1 is 1.14 bits per heavy atom. The van der Waals surface area contributed by atoms with E-state index in [1.807, 2.05) is 13.8 Å². The quantitative estimate of drug-likeness (QED) is 0.635. The minimum Gasteiger partial charge on any atom is -0.490 e. The van der Waals surface area contributed by atoms with Crippen LogP contribution in [-0.4, -0.2) is 23.4 Å². The Kier molecular flexibility index (Phi) is 5.62. The monoisotopic (exact) mass is 414 g/mol. The number of aromatic nitrogens is 1. The van der Waals surface area contributed by atoms with Crippen molar-refractivity contribution < 1.29 is 31.8 Å². The van der Waals surface area contributed by atoms with E-state index in [9.17, 15) is 17.6 Å². The first-order valence-electron chi connectivity index (χ1n) is 9.07. The minimum absolute atomic E-state index is 0.0467. The van der Waals surface area contributed by atoms with Crippen LogP contribution in [0, 0.1) is 5.92 Å². The van der Waals surface area contributed by atoms with Crippen LogP contribution in [0.25, 0.3) is 11.3 Å². The maximum Gasteiger partial charge on any atom is 0.586 e. The van der Waals surface area contributed by atoms with Gasteiger partial charge in [0.05, 0.1) is 5.69 Å². The normalized spacial score (nSPS) is 16.9. The van der Waals surface area contributed by atoms with Crippen LogP contribution in [0.4, 0.5) is 17.6 Å². The second kappa shape index (κ2) is 7.70. The molecule has 29 heavy (non-hydrogen) atoms.